The minimum atomic E-state index is -3.89. The lowest BCUT2D eigenvalue weighted by molar-refractivity contribution is -0.114. The fraction of sp³-hybridized carbons (Fsp3) is 0.0833. The van der Waals surface area contributed by atoms with Crippen molar-refractivity contribution in [2.24, 2.45) is 0 Å². The molecule has 10 heteroatoms. The monoisotopic (exact) mass is 473 g/mol. The second-order valence-corrected chi connectivity index (χ2v) is 9.45. The van der Waals surface area contributed by atoms with Crippen molar-refractivity contribution in [1.29, 1.82) is 0 Å². The summed E-state index contributed by atoms with van der Waals surface area (Å²) in [7, 11) is -3.89. The van der Waals surface area contributed by atoms with Gasteiger partial charge in [0, 0.05) is 28.5 Å². The van der Waals surface area contributed by atoms with Crippen LogP contribution in [-0.4, -0.2) is 36.7 Å². The highest BCUT2D eigenvalue weighted by Crippen LogP contribution is 2.36. The number of benzene rings is 3. The predicted molar refractivity (Wildman–Crippen MR) is 128 cm³/mol. The van der Waals surface area contributed by atoms with Crippen molar-refractivity contribution < 1.29 is 18.0 Å². The molecule has 0 unspecified atom stereocenters. The van der Waals surface area contributed by atoms with E-state index in [1.807, 2.05) is 30.3 Å². The van der Waals surface area contributed by atoms with Crippen LogP contribution in [0.25, 0.3) is 10.8 Å². The molecule has 0 fully saturated rings. The second-order valence-electron chi connectivity index (χ2n) is 7.77. The highest BCUT2D eigenvalue weighted by atomic mass is 32.2. The van der Waals surface area contributed by atoms with Gasteiger partial charge < -0.3 is 5.32 Å². The molecule has 0 aliphatic carbocycles. The molecule has 3 aromatic carbocycles. The van der Waals surface area contributed by atoms with Gasteiger partial charge in [-0.3, -0.25) is 14.5 Å². The van der Waals surface area contributed by atoms with E-state index >= 15 is 0 Å². The van der Waals surface area contributed by atoms with Gasteiger partial charge in [-0.2, -0.15) is 0 Å². The number of carbonyl (C=O) groups excluding carboxylic acids is 2. The number of hydrogen-bond donors (Lipinski definition) is 2. The summed E-state index contributed by atoms with van der Waals surface area (Å²) in [6.45, 7) is 1.56. The molecule has 170 valence electrons. The summed E-state index contributed by atoms with van der Waals surface area (Å²) in [4.78, 5) is 34.9. The fourth-order valence-corrected chi connectivity index (χ4v) is 4.83. The van der Waals surface area contributed by atoms with Crippen LogP contribution in [0.5, 0.6) is 0 Å². The Morgan fingerprint density at radius 2 is 1.74 bits per heavy atom. The summed E-state index contributed by atoms with van der Waals surface area (Å²) < 4.78 is 27.5. The van der Waals surface area contributed by atoms with Crippen LogP contribution in [0, 0.1) is 6.92 Å². The van der Waals surface area contributed by atoms with Crippen LogP contribution in [0.15, 0.2) is 77.8 Å². The third-order valence-corrected chi connectivity index (χ3v) is 6.76. The minimum absolute atomic E-state index is 0.00699. The van der Waals surface area contributed by atoms with Crippen LogP contribution in [0.1, 0.15) is 16.1 Å². The number of rotatable bonds is 6. The number of anilines is 3. The van der Waals surface area contributed by atoms with Gasteiger partial charge in [0.15, 0.2) is 0 Å². The van der Waals surface area contributed by atoms with Gasteiger partial charge in [0.1, 0.15) is 6.54 Å². The molecule has 0 spiro atoms. The first-order valence-electron chi connectivity index (χ1n) is 10.4. The molecule has 1 aromatic heterocycles. The lowest BCUT2D eigenvalue weighted by Gasteiger charge is -2.17. The van der Waals surface area contributed by atoms with E-state index in [2.05, 4.69) is 20.0 Å². The smallest absolute Gasteiger partial charge is 0.264 e. The zero-order valence-electron chi connectivity index (χ0n) is 18.0. The van der Waals surface area contributed by atoms with E-state index in [-0.39, 0.29) is 23.3 Å². The first-order chi connectivity index (χ1) is 16.3. The van der Waals surface area contributed by atoms with Gasteiger partial charge in [-0.15, -0.1) is 0 Å². The number of nitrogens with zero attached hydrogens (tertiary/aromatic N) is 3. The summed E-state index contributed by atoms with van der Waals surface area (Å²) >= 11 is 0. The van der Waals surface area contributed by atoms with Crippen LogP contribution >= 0.6 is 0 Å². The molecule has 0 saturated carbocycles. The Morgan fingerprint density at radius 1 is 1.00 bits per heavy atom. The Bertz CT molecular complexity index is 1550. The van der Waals surface area contributed by atoms with E-state index in [4.69, 9.17) is 0 Å². The van der Waals surface area contributed by atoms with E-state index in [9.17, 15) is 18.0 Å². The van der Waals surface area contributed by atoms with E-state index in [1.54, 1.807) is 19.1 Å². The van der Waals surface area contributed by atoms with E-state index in [0.29, 0.717) is 22.6 Å². The molecule has 2 amide bonds. The summed E-state index contributed by atoms with van der Waals surface area (Å²) in [5, 5.41) is 4.48. The summed E-state index contributed by atoms with van der Waals surface area (Å²) in [5.41, 5.74) is 2.29. The number of carbonyl (C=O) groups is 2. The summed E-state index contributed by atoms with van der Waals surface area (Å²) in [5.74, 6) is -0.656. The Hall–Kier alpha value is -4.31. The molecule has 1 aliphatic rings. The van der Waals surface area contributed by atoms with Crippen LogP contribution in [-0.2, 0) is 14.8 Å². The third kappa shape index (κ3) is 3.95. The van der Waals surface area contributed by atoms with Crippen LogP contribution in [0.3, 0.4) is 0 Å². The number of aromatic nitrogens is 2. The lowest BCUT2D eigenvalue weighted by Crippen LogP contribution is -2.35. The van der Waals surface area contributed by atoms with Gasteiger partial charge in [-0.25, -0.2) is 23.1 Å². The fourth-order valence-electron chi connectivity index (χ4n) is 3.87. The molecule has 34 heavy (non-hydrogen) atoms. The SMILES string of the molecule is Cc1ccnc(NS(=O)(=O)c2ccc(NC(=O)CN3C(=O)c4cccc5cccc3c45)cc2)n1. The number of sulfonamides is 1. The van der Waals surface area contributed by atoms with Crippen LogP contribution in [0.4, 0.5) is 17.3 Å². The van der Waals surface area contributed by atoms with Gasteiger partial charge in [-0.05, 0) is 54.8 Å². The minimum Gasteiger partial charge on any atom is -0.325 e. The van der Waals surface area contributed by atoms with E-state index in [0.717, 1.165) is 10.8 Å². The zero-order chi connectivity index (χ0) is 23.9. The van der Waals surface area contributed by atoms with E-state index in [1.165, 1.54) is 35.4 Å². The normalized spacial score (nSPS) is 12.7. The Morgan fingerprint density at radius 3 is 2.47 bits per heavy atom. The maximum atomic E-state index is 12.9. The Balaban J connectivity index is 1.28. The molecule has 5 rings (SSSR count). The maximum absolute atomic E-state index is 12.9. The molecular formula is C24H19N5O4S. The van der Waals surface area contributed by atoms with Crippen molar-refractivity contribution in [2.75, 3.05) is 21.5 Å². The highest BCUT2D eigenvalue weighted by molar-refractivity contribution is 7.92. The molecule has 9 nitrogen and oxygen atoms in total. The highest BCUT2D eigenvalue weighted by Gasteiger charge is 2.30. The molecule has 0 bridgehead atoms. The van der Waals surface area contributed by atoms with Crippen LogP contribution < -0.4 is 14.9 Å². The van der Waals surface area contributed by atoms with Crippen molar-refractivity contribution >= 4 is 49.9 Å². The van der Waals surface area contributed by atoms with Gasteiger partial charge in [0.2, 0.25) is 11.9 Å². The molecule has 2 N–H and O–H groups in total. The van der Waals surface area contributed by atoms with Gasteiger partial charge >= 0.3 is 0 Å². The molecule has 2 heterocycles. The molecular weight excluding hydrogens is 454 g/mol. The van der Waals surface area contributed by atoms with Crippen molar-refractivity contribution in [2.45, 2.75) is 11.8 Å². The van der Waals surface area contributed by atoms with Gasteiger partial charge in [-0.1, -0.05) is 24.3 Å². The first kappa shape index (κ1) is 21.5. The molecule has 0 radical (unpaired) electrons. The van der Waals surface area contributed by atoms with Crippen molar-refractivity contribution in [1.82, 2.24) is 9.97 Å². The number of aryl methyl sites for hydroxylation is 1. The average Bonchev–Trinajstić information content (AvgIpc) is 3.07. The zero-order valence-corrected chi connectivity index (χ0v) is 18.8. The van der Waals surface area contributed by atoms with Gasteiger partial charge in [0.25, 0.3) is 15.9 Å². The first-order valence-corrected chi connectivity index (χ1v) is 11.9. The molecule has 1 aliphatic heterocycles. The van der Waals surface area contributed by atoms with Crippen molar-refractivity contribution in [3.05, 3.63) is 84.2 Å². The lowest BCUT2D eigenvalue weighted by atomic mass is 10.1. The summed E-state index contributed by atoms with van der Waals surface area (Å²) in [6, 6.07) is 18.4. The quantitative estimate of drug-likeness (QED) is 0.443. The Kier molecular flexibility index (Phi) is 5.21. The average molecular weight is 474 g/mol. The number of nitrogens with one attached hydrogen (secondary N) is 2. The second kappa shape index (κ2) is 8.23. The standard InChI is InChI=1S/C24H19N5O4S/c1-15-12-13-25-24(26-15)28-34(32,33)18-10-8-17(9-11-18)27-21(30)14-29-20-7-3-5-16-4-2-6-19(22(16)20)23(29)31/h2-13H,14H2,1H3,(H,27,30)(H,25,26,28). The third-order valence-electron chi connectivity index (χ3n) is 5.42. The topological polar surface area (TPSA) is 121 Å². The molecule has 0 saturated heterocycles. The molecule has 0 atom stereocenters. The maximum Gasteiger partial charge on any atom is 0.264 e. The summed E-state index contributed by atoms with van der Waals surface area (Å²) in [6.07, 6.45) is 1.46. The van der Waals surface area contributed by atoms with Crippen molar-refractivity contribution in [3.8, 4) is 0 Å². The van der Waals surface area contributed by atoms with Crippen LogP contribution in [0.2, 0.25) is 0 Å². The number of amides is 2. The molecule has 4 aromatic rings. The van der Waals surface area contributed by atoms with Gasteiger partial charge in [0.05, 0.1) is 10.6 Å². The predicted octanol–water partition coefficient (Wildman–Crippen LogP) is 3.34. The van der Waals surface area contributed by atoms with E-state index < -0.39 is 15.9 Å². The largest absolute Gasteiger partial charge is 0.325 e. The number of hydrogen-bond acceptors (Lipinski definition) is 6. The Labute approximate surface area is 195 Å². The van der Waals surface area contributed by atoms with Crippen molar-refractivity contribution in [3.63, 3.8) is 0 Å².